The molecule has 0 aromatic heterocycles. The van der Waals surface area contributed by atoms with Crippen LogP contribution in [0.15, 0.2) is 38.5 Å². The molecule has 0 aromatic rings. The van der Waals surface area contributed by atoms with E-state index in [0.29, 0.717) is 0 Å². The molecule has 32 heavy (non-hydrogen) atoms. The minimum absolute atomic E-state index is 0.850. The molecule has 0 heterocycles. The van der Waals surface area contributed by atoms with Crippen molar-refractivity contribution in [2.45, 2.75) is 148 Å². The lowest BCUT2D eigenvalue weighted by molar-refractivity contribution is 0.241. The molecule has 0 aliphatic heterocycles. The van der Waals surface area contributed by atoms with Gasteiger partial charge in [-0.2, -0.15) is 0 Å². The van der Waals surface area contributed by atoms with Gasteiger partial charge in [0.15, 0.2) is 0 Å². The Hall–Kier alpha value is -1.18. The summed E-state index contributed by atoms with van der Waals surface area (Å²) in [6.07, 6.45) is 35.8. The van der Waals surface area contributed by atoms with Crippen LogP contribution in [0.25, 0.3) is 0 Å². The van der Waals surface area contributed by atoms with Crippen molar-refractivity contribution in [1.82, 2.24) is 0 Å². The van der Waals surface area contributed by atoms with Crippen LogP contribution >= 0.6 is 0 Å². The summed E-state index contributed by atoms with van der Waals surface area (Å²) < 4.78 is 9.50. The van der Waals surface area contributed by atoms with Crippen molar-refractivity contribution in [3.8, 4) is 0 Å². The fraction of sp³-hybridized carbons (Fsp3) is 0.800. The molecule has 0 spiro atoms. The van der Waals surface area contributed by atoms with E-state index < -0.39 is 0 Å². The van der Waals surface area contributed by atoms with Gasteiger partial charge in [-0.25, -0.2) is 0 Å². The van der Waals surface area contributed by atoms with Crippen LogP contribution in [0, 0.1) is 0 Å². The zero-order chi connectivity index (χ0) is 23.8. The first-order valence-corrected chi connectivity index (χ1v) is 13.9. The first kappa shape index (κ1) is 33.0. The number of hydrogen-bond acceptors (Lipinski definition) is 2. The van der Waals surface area contributed by atoms with Crippen molar-refractivity contribution < 1.29 is 9.47 Å². The van der Waals surface area contributed by atoms with Gasteiger partial charge in [0.1, 0.15) is 0 Å². The number of unbranched alkanes of at least 4 members (excludes halogenated alkanes) is 21. The lowest BCUT2D eigenvalue weighted by Crippen LogP contribution is -1.87. The summed E-state index contributed by atoms with van der Waals surface area (Å²) in [6.45, 7) is 13.2. The zero-order valence-electron chi connectivity index (χ0n) is 21.9. The van der Waals surface area contributed by atoms with E-state index in [4.69, 9.17) is 4.74 Å². The maximum atomic E-state index is 5.14. The largest absolute Gasteiger partial charge is 0.502 e. The summed E-state index contributed by atoms with van der Waals surface area (Å²) in [6, 6.07) is 0. The average Bonchev–Trinajstić information content (AvgIpc) is 2.80. The van der Waals surface area contributed by atoms with Gasteiger partial charge in [0.25, 0.3) is 0 Å². The van der Waals surface area contributed by atoms with E-state index in [1.54, 1.807) is 6.26 Å². The fourth-order valence-corrected chi connectivity index (χ4v) is 3.95. The van der Waals surface area contributed by atoms with Gasteiger partial charge in [-0.05, 0) is 6.42 Å². The molecule has 0 aromatic carbocycles. The van der Waals surface area contributed by atoms with E-state index in [-0.39, 0.29) is 0 Å². The lowest BCUT2D eigenvalue weighted by atomic mass is 10.0. The van der Waals surface area contributed by atoms with Crippen LogP contribution in [0.5, 0.6) is 0 Å². The van der Waals surface area contributed by atoms with Crippen molar-refractivity contribution in [2.24, 2.45) is 0 Å². The van der Waals surface area contributed by atoms with Crippen LogP contribution in [-0.4, -0.2) is 6.61 Å². The molecule has 0 saturated carbocycles. The molecule has 0 atom stereocenters. The minimum atomic E-state index is 0.850. The second kappa shape index (κ2) is 34.4. The molecule has 0 rings (SSSR count). The SMILES string of the molecule is C=COC=C.C=COCCCCCCCCCCCCCCCCCCCCCCCC. The summed E-state index contributed by atoms with van der Waals surface area (Å²) in [4.78, 5) is 0. The predicted octanol–water partition coefficient (Wildman–Crippen LogP) is 11.0. The smallest absolute Gasteiger partial charge is 0.0873 e. The molecule has 0 unspecified atom stereocenters. The van der Waals surface area contributed by atoms with Crippen LogP contribution < -0.4 is 0 Å². The van der Waals surface area contributed by atoms with Gasteiger partial charge in [0.05, 0.1) is 25.4 Å². The lowest BCUT2D eigenvalue weighted by Gasteiger charge is -2.04. The minimum Gasteiger partial charge on any atom is -0.502 e. The number of ether oxygens (including phenoxy) is 2. The summed E-state index contributed by atoms with van der Waals surface area (Å²) in [5, 5.41) is 0. The van der Waals surface area contributed by atoms with Crippen molar-refractivity contribution in [1.29, 1.82) is 0 Å². The topological polar surface area (TPSA) is 18.5 Å². The monoisotopic (exact) mass is 450 g/mol. The predicted molar refractivity (Wildman–Crippen MR) is 145 cm³/mol. The first-order chi connectivity index (χ1) is 15.8. The molecule has 0 aliphatic rings. The van der Waals surface area contributed by atoms with Gasteiger partial charge in [0.2, 0.25) is 0 Å². The Kier molecular flexibility index (Phi) is 35.5. The Bertz CT molecular complexity index is 345. The van der Waals surface area contributed by atoms with Gasteiger partial charge < -0.3 is 9.47 Å². The maximum Gasteiger partial charge on any atom is 0.0873 e. The zero-order valence-corrected chi connectivity index (χ0v) is 21.9. The third kappa shape index (κ3) is 36.2. The Labute approximate surface area is 202 Å². The highest BCUT2D eigenvalue weighted by Crippen LogP contribution is 2.15. The van der Waals surface area contributed by atoms with E-state index in [0.717, 1.165) is 6.61 Å². The average molecular weight is 451 g/mol. The van der Waals surface area contributed by atoms with Gasteiger partial charge >= 0.3 is 0 Å². The molecule has 2 heteroatoms. The van der Waals surface area contributed by atoms with Crippen molar-refractivity contribution in [3.05, 3.63) is 38.5 Å². The molecule has 0 N–H and O–H groups in total. The van der Waals surface area contributed by atoms with Gasteiger partial charge in [0, 0.05) is 0 Å². The Morgan fingerprint density at radius 2 is 0.688 bits per heavy atom. The summed E-state index contributed by atoms with van der Waals surface area (Å²) in [5.41, 5.74) is 0. The molecular formula is C30H58O2. The number of rotatable bonds is 26. The molecule has 0 saturated heterocycles. The molecule has 190 valence electrons. The highest BCUT2D eigenvalue weighted by Gasteiger charge is 1.95. The molecule has 0 radical (unpaired) electrons. The molecule has 0 amide bonds. The molecule has 0 bridgehead atoms. The maximum absolute atomic E-state index is 5.14. The van der Waals surface area contributed by atoms with Crippen molar-refractivity contribution in [3.63, 3.8) is 0 Å². The fourth-order valence-electron chi connectivity index (χ4n) is 3.95. The Balaban J connectivity index is 0. The van der Waals surface area contributed by atoms with Crippen LogP contribution in [0.2, 0.25) is 0 Å². The van der Waals surface area contributed by atoms with Gasteiger partial charge in [-0.15, -0.1) is 0 Å². The van der Waals surface area contributed by atoms with E-state index >= 15 is 0 Å². The van der Waals surface area contributed by atoms with Gasteiger partial charge in [-0.3, -0.25) is 0 Å². The highest BCUT2D eigenvalue weighted by atomic mass is 16.5. The van der Waals surface area contributed by atoms with Crippen LogP contribution in [0.1, 0.15) is 148 Å². The van der Waals surface area contributed by atoms with E-state index in [1.165, 1.54) is 154 Å². The molecule has 0 fully saturated rings. The molecule has 0 aliphatic carbocycles. The number of hydrogen-bond donors (Lipinski definition) is 0. The third-order valence-corrected chi connectivity index (χ3v) is 5.93. The first-order valence-electron chi connectivity index (χ1n) is 13.9. The summed E-state index contributed by atoms with van der Waals surface area (Å²) >= 11 is 0. The van der Waals surface area contributed by atoms with E-state index in [2.05, 4.69) is 31.4 Å². The molecular weight excluding hydrogens is 392 g/mol. The summed E-state index contributed by atoms with van der Waals surface area (Å²) in [7, 11) is 0. The Morgan fingerprint density at radius 1 is 0.406 bits per heavy atom. The normalized spacial score (nSPS) is 10.2. The second-order valence-corrected chi connectivity index (χ2v) is 8.93. The quantitative estimate of drug-likeness (QED) is 0.0963. The van der Waals surface area contributed by atoms with E-state index in [9.17, 15) is 0 Å². The van der Waals surface area contributed by atoms with E-state index in [1.807, 2.05) is 0 Å². The highest BCUT2D eigenvalue weighted by molar-refractivity contribution is 4.57. The van der Waals surface area contributed by atoms with Crippen molar-refractivity contribution in [2.75, 3.05) is 6.61 Å². The summed E-state index contributed by atoms with van der Waals surface area (Å²) in [5.74, 6) is 0. The van der Waals surface area contributed by atoms with Crippen molar-refractivity contribution >= 4 is 0 Å². The standard InChI is InChI=1S/C26H52O.C4H6O/c1-3-5-6-7-8-9-10-11-12-13-14-15-16-17-18-19-20-21-22-23-24-25-26-27-4-2;1-3-5-4-2/h4H,2-3,5-26H2,1H3;3-4H,1-2H2. The van der Waals surface area contributed by atoms with Crippen LogP contribution in [-0.2, 0) is 9.47 Å². The van der Waals surface area contributed by atoms with Gasteiger partial charge in [-0.1, -0.05) is 161 Å². The molecule has 2 nitrogen and oxygen atoms in total. The Morgan fingerprint density at radius 3 is 0.906 bits per heavy atom. The third-order valence-electron chi connectivity index (χ3n) is 5.93. The van der Waals surface area contributed by atoms with Crippen LogP contribution in [0.3, 0.4) is 0 Å². The van der Waals surface area contributed by atoms with Crippen LogP contribution in [0.4, 0.5) is 0 Å². The second-order valence-electron chi connectivity index (χ2n) is 8.93.